The van der Waals surface area contributed by atoms with E-state index in [4.69, 9.17) is 0 Å². The molecule has 1 aromatic rings. The molecule has 1 aromatic heterocycles. The fraction of sp³-hybridized carbons (Fsp3) is 0.583. The van der Waals surface area contributed by atoms with Gasteiger partial charge in [0.25, 0.3) is 0 Å². The van der Waals surface area contributed by atoms with E-state index in [9.17, 15) is 8.42 Å². The van der Waals surface area contributed by atoms with Crippen molar-refractivity contribution in [2.45, 2.75) is 30.2 Å². The van der Waals surface area contributed by atoms with Crippen LogP contribution in [0.25, 0.3) is 0 Å². The van der Waals surface area contributed by atoms with E-state index in [0.29, 0.717) is 23.3 Å². The van der Waals surface area contributed by atoms with E-state index >= 15 is 0 Å². The summed E-state index contributed by atoms with van der Waals surface area (Å²) in [5, 5.41) is -0.460. The number of pyridine rings is 1. The van der Waals surface area contributed by atoms with E-state index in [0.717, 1.165) is 13.1 Å². The first-order valence-corrected chi connectivity index (χ1v) is 7.76. The number of nitrogens with zero attached hydrogens (tertiary/aromatic N) is 3. The highest BCUT2D eigenvalue weighted by molar-refractivity contribution is 7.92. The Bertz CT molecular complexity index is 570. The van der Waals surface area contributed by atoms with Crippen molar-refractivity contribution in [1.82, 2.24) is 9.88 Å². The Labute approximate surface area is 107 Å². The summed E-state index contributed by atoms with van der Waals surface area (Å²) in [6.45, 7) is 6.38. The molecule has 1 atom stereocenters. The van der Waals surface area contributed by atoms with Crippen molar-refractivity contribution >= 4 is 15.7 Å². The van der Waals surface area contributed by atoms with E-state index in [1.807, 2.05) is 4.90 Å². The predicted molar refractivity (Wildman–Crippen MR) is 69.3 cm³/mol. The second kappa shape index (κ2) is 3.93. The van der Waals surface area contributed by atoms with Crippen LogP contribution in [-0.2, 0) is 9.84 Å². The molecule has 0 aliphatic carbocycles. The number of piperazine rings is 1. The quantitative estimate of drug-likeness (QED) is 0.750. The van der Waals surface area contributed by atoms with Crippen LogP contribution in [0.3, 0.4) is 0 Å². The Morgan fingerprint density at radius 1 is 1.39 bits per heavy atom. The topological polar surface area (TPSA) is 53.5 Å². The van der Waals surface area contributed by atoms with Gasteiger partial charge in [0.1, 0.15) is 10.7 Å². The lowest BCUT2D eigenvalue weighted by molar-refractivity contribution is 0.200. The number of sulfone groups is 1. The van der Waals surface area contributed by atoms with Gasteiger partial charge in [0.15, 0.2) is 5.37 Å². The van der Waals surface area contributed by atoms with Crippen LogP contribution in [0.4, 0.5) is 5.82 Å². The molecule has 0 amide bonds. The minimum absolute atomic E-state index is 0.374. The highest BCUT2D eigenvalue weighted by Crippen LogP contribution is 2.38. The molecule has 1 fully saturated rings. The van der Waals surface area contributed by atoms with Gasteiger partial charge in [-0.05, 0) is 26.0 Å². The number of fused-ring (bicyclic) bond motifs is 3. The summed E-state index contributed by atoms with van der Waals surface area (Å²) in [4.78, 5) is 8.77. The monoisotopic (exact) mass is 267 g/mol. The maximum atomic E-state index is 12.5. The molecule has 0 radical (unpaired) electrons. The lowest BCUT2D eigenvalue weighted by atomic mass is 10.2. The van der Waals surface area contributed by atoms with Crippen LogP contribution >= 0.6 is 0 Å². The van der Waals surface area contributed by atoms with E-state index in [1.165, 1.54) is 0 Å². The number of rotatable bonds is 1. The normalized spacial score (nSPS) is 26.2. The third-order valence-corrected chi connectivity index (χ3v) is 5.84. The molecule has 0 bridgehead atoms. The Morgan fingerprint density at radius 3 is 2.89 bits per heavy atom. The van der Waals surface area contributed by atoms with Gasteiger partial charge >= 0.3 is 0 Å². The number of aromatic nitrogens is 1. The van der Waals surface area contributed by atoms with Gasteiger partial charge < -0.3 is 4.90 Å². The summed E-state index contributed by atoms with van der Waals surface area (Å²) >= 11 is 0. The first-order valence-electron chi connectivity index (χ1n) is 6.21. The molecule has 98 valence electrons. The molecule has 0 aromatic carbocycles. The molecule has 18 heavy (non-hydrogen) atoms. The fourth-order valence-electron chi connectivity index (χ4n) is 2.71. The van der Waals surface area contributed by atoms with Crippen LogP contribution in [0.2, 0.25) is 0 Å². The Morgan fingerprint density at radius 2 is 2.17 bits per heavy atom. The summed E-state index contributed by atoms with van der Waals surface area (Å²) in [5.41, 5.74) is 0. The van der Waals surface area contributed by atoms with Gasteiger partial charge in [0.05, 0.1) is 0 Å². The summed E-state index contributed by atoms with van der Waals surface area (Å²) in [6.07, 6.45) is 1.66. The smallest absolute Gasteiger partial charge is 0.204 e. The van der Waals surface area contributed by atoms with Crippen LogP contribution in [0.15, 0.2) is 23.2 Å². The summed E-state index contributed by atoms with van der Waals surface area (Å²) in [7, 11) is -3.25. The first kappa shape index (κ1) is 11.9. The van der Waals surface area contributed by atoms with Gasteiger partial charge in [0, 0.05) is 31.9 Å². The van der Waals surface area contributed by atoms with Crippen LogP contribution in [0.1, 0.15) is 13.8 Å². The van der Waals surface area contributed by atoms with Crippen molar-refractivity contribution < 1.29 is 8.42 Å². The van der Waals surface area contributed by atoms with Crippen LogP contribution < -0.4 is 4.90 Å². The van der Waals surface area contributed by atoms with Gasteiger partial charge in [-0.3, -0.25) is 4.90 Å². The third-order valence-electron chi connectivity index (χ3n) is 3.78. The number of anilines is 1. The lowest BCUT2D eigenvalue weighted by Crippen LogP contribution is -2.55. The van der Waals surface area contributed by atoms with Gasteiger partial charge in [-0.1, -0.05) is 0 Å². The van der Waals surface area contributed by atoms with Crippen LogP contribution in [0.5, 0.6) is 0 Å². The largest absolute Gasteiger partial charge is 0.336 e. The summed E-state index contributed by atoms with van der Waals surface area (Å²) in [6, 6.07) is 3.73. The Balaban J connectivity index is 2.03. The molecule has 3 rings (SSSR count). The van der Waals surface area contributed by atoms with Gasteiger partial charge in [-0.2, -0.15) is 0 Å². The van der Waals surface area contributed by atoms with Crippen molar-refractivity contribution in [2.24, 2.45) is 0 Å². The zero-order valence-corrected chi connectivity index (χ0v) is 11.4. The maximum absolute atomic E-state index is 12.5. The van der Waals surface area contributed by atoms with Gasteiger partial charge in [-0.25, -0.2) is 13.4 Å². The van der Waals surface area contributed by atoms with E-state index in [1.54, 1.807) is 18.3 Å². The Hall–Kier alpha value is -1.14. The van der Waals surface area contributed by atoms with Crippen molar-refractivity contribution in [2.75, 3.05) is 24.5 Å². The minimum atomic E-state index is -3.25. The molecule has 0 N–H and O–H groups in total. The molecule has 6 heteroatoms. The molecule has 5 nitrogen and oxygen atoms in total. The van der Waals surface area contributed by atoms with Crippen LogP contribution in [-0.4, -0.2) is 49.4 Å². The van der Waals surface area contributed by atoms with Gasteiger partial charge in [0.2, 0.25) is 9.84 Å². The molecule has 2 aliphatic heterocycles. The second-order valence-electron chi connectivity index (χ2n) is 5.11. The van der Waals surface area contributed by atoms with Crippen LogP contribution in [0, 0.1) is 0 Å². The minimum Gasteiger partial charge on any atom is -0.336 e. The zero-order valence-electron chi connectivity index (χ0n) is 10.6. The van der Waals surface area contributed by atoms with E-state index < -0.39 is 15.2 Å². The molecule has 0 unspecified atom stereocenters. The lowest BCUT2D eigenvalue weighted by Gasteiger charge is -2.39. The molecular formula is C12H17N3O2S. The summed E-state index contributed by atoms with van der Waals surface area (Å²) in [5.74, 6) is 0.630. The first-order chi connectivity index (χ1) is 8.51. The van der Waals surface area contributed by atoms with E-state index in [-0.39, 0.29) is 0 Å². The second-order valence-corrected chi connectivity index (χ2v) is 7.18. The molecule has 0 spiro atoms. The molecular weight excluding hydrogens is 250 g/mol. The SMILES string of the molecule is CC(C)N1CCN2c3ncccc3S(=O)(=O)[C@@H]2C1. The highest BCUT2D eigenvalue weighted by atomic mass is 32.2. The maximum Gasteiger partial charge on any atom is 0.204 e. The Kier molecular flexibility index (Phi) is 2.60. The zero-order chi connectivity index (χ0) is 12.9. The van der Waals surface area contributed by atoms with Crippen molar-refractivity contribution in [3.63, 3.8) is 0 Å². The number of hydrogen-bond donors (Lipinski definition) is 0. The molecule has 1 saturated heterocycles. The molecule has 3 heterocycles. The average molecular weight is 267 g/mol. The summed E-state index contributed by atoms with van der Waals surface area (Å²) < 4.78 is 25.0. The molecule has 2 aliphatic rings. The molecule has 0 saturated carbocycles. The fourth-order valence-corrected chi connectivity index (χ4v) is 4.63. The third kappa shape index (κ3) is 1.55. The number of hydrogen-bond acceptors (Lipinski definition) is 5. The highest BCUT2D eigenvalue weighted by Gasteiger charge is 2.46. The average Bonchev–Trinajstić information content (AvgIpc) is 2.59. The van der Waals surface area contributed by atoms with Crippen molar-refractivity contribution in [3.8, 4) is 0 Å². The van der Waals surface area contributed by atoms with Crippen molar-refractivity contribution in [3.05, 3.63) is 18.3 Å². The predicted octanol–water partition coefficient (Wildman–Crippen LogP) is 0.725. The van der Waals surface area contributed by atoms with E-state index in [2.05, 4.69) is 23.7 Å². The van der Waals surface area contributed by atoms with Gasteiger partial charge in [-0.15, -0.1) is 0 Å². The van der Waals surface area contributed by atoms with Crippen molar-refractivity contribution in [1.29, 1.82) is 0 Å². The standard InChI is InChI=1S/C12H17N3O2S/c1-9(2)14-6-7-15-11(8-14)18(16,17)10-4-3-5-13-12(10)15/h3-5,9,11H,6-8H2,1-2H3/t11-/m1/s1.